The number of amides is 1. The molecule has 0 saturated heterocycles. The van der Waals surface area contributed by atoms with Gasteiger partial charge in [0, 0.05) is 18.7 Å². The first-order valence-corrected chi connectivity index (χ1v) is 8.12. The highest BCUT2D eigenvalue weighted by Gasteiger charge is 2.24. The van der Waals surface area contributed by atoms with Gasteiger partial charge in [-0.2, -0.15) is 5.26 Å². The van der Waals surface area contributed by atoms with Gasteiger partial charge in [-0.15, -0.1) is 0 Å². The Bertz CT molecular complexity index is 766. The Hall–Kier alpha value is -2.87. The number of carbonyl (C=O) groups excluding carboxylic acids is 1. The SMILES string of the molecule is CC(Oc1cccc(F)c1)C(=O)N(Cc1ccc(C#N)cc1)C(C)C. The maximum absolute atomic E-state index is 13.3. The summed E-state index contributed by atoms with van der Waals surface area (Å²) < 4.78 is 18.8. The number of benzene rings is 2. The molecular formula is C20H21FN2O2. The second kappa shape index (κ2) is 8.29. The Morgan fingerprint density at radius 1 is 1.20 bits per heavy atom. The average molecular weight is 340 g/mol. The molecule has 25 heavy (non-hydrogen) atoms. The fourth-order valence-electron chi connectivity index (χ4n) is 2.42. The van der Waals surface area contributed by atoms with E-state index in [1.54, 1.807) is 36.1 Å². The van der Waals surface area contributed by atoms with Crippen LogP contribution >= 0.6 is 0 Å². The van der Waals surface area contributed by atoms with Crippen molar-refractivity contribution in [3.05, 3.63) is 65.5 Å². The third-order valence-electron chi connectivity index (χ3n) is 3.80. The second-order valence-corrected chi connectivity index (χ2v) is 6.09. The lowest BCUT2D eigenvalue weighted by Gasteiger charge is -2.29. The highest BCUT2D eigenvalue weighted by Crippen LogP contribution is 2.17. The van der Waals surface area contributed by atoms with Crippen molar-refractivity contribution in [2.45, 2.75) is 39.5 Å². The molecule has 0 radical (unpaired) electrons. The smallest absolute Gasteiger partial charge is 0.263 e. The van der Waals surface area contributed by atoms with Crippen LogP contribution in [0.2, 0.25) is 0 Å². The summed E-state index contributed by atoms with van der Waals surface area (Å²) >= 11 is 0. The van der Waals surface area contributed by atoms with Gasteiger partial charge in [-0.3, -0.25) is 4.79 Å². The molecule has 0 fully saturated rings. The van der Waals surface area contributed by atoms with Gasteiger partial charge in [0.1, 0.15) is 11.6 Å². The van der Waals surface area contributed by atoms with Crippen LogP contribution < -0.4 is 4.74 Å². The van der Waals surface area contributed by atoms with Gasteiger partial charge in [-0.05, 0) is 50.6 Å². The Morgan fingerprint density at radius 3 is 2.44 bits per heavy atom. The molecule has 0 aliphatic heterocycles. The molecule has 130 valence electrons. The van der Waals surface area contributed by atoms with Crippen LogP contribution in [-0.2, 0) is 11.3 Å². The highest BCUT2D eigenvalue weighted by molar-refractivity contribution is 5.81. The van der Waals surface area contributed by atoms with Crippen LogP contribution in [0.25, 0.3) is 0 Å². The van der Waals surface area contributed by atoms with Gasteiger partial charge in [0.15, 0.2) is 6.10 Å². The molecule has 1 atom stereocenters. The summed E-state index contributed by atoms with van der Waals surface area (Å²) in [6, 6.07) is 14.9. The zero-order chi connectivity index (χ0) is 18.4. The Morgan fingerprint density at radius 2 is 1.88 bits per heavy atom. The van der Waals surface area contributed by atoms with E-state index in [1.165, 1.54) is 12.1 Å². The van der Waals surface area contributed by atoms with Gasteiger partial charge >= 0.3 is 0 Å². The summed E-state index contributed by atoms with van der Waals surface area (Å²) in [5, 5.41) is 8.86. The van der Waals surface area contributed by atoms with Crippen molar-refractivity contribution in [1.29, 1.82) is 5.26 Å². The van der Waals surface area contributed by atoms with E-state index in [0.29, 0.717) is 17.9 Å². The number of nitriles is 1. The Labute approximate surface area is 147 Å². The summed E-state index contributed by atoms with van der Waals surface area (Å²) in [7, 11) is 0. The van der Waals surface area contributed by atoms with Crippen LogP contribution in [0.1, 0.15) is 31.9 Å². The van der Waals surface area contributed by atoms with E-state index in [0.717, 1.165) is 5.56 Å². The Kier molecular flexibility index (Phi) is 6.13. The van der Waals surface area contributed by atoms with Crippen LogP contribution in [-0.4, -0.2) is 23.0 Å². The molecule has 0 heterocycles. The van der Waals surface area contributed by atoms with Crippen molar-refractivity contribution in [3.63, 3.8) is 0 Å². The number of hydrogen-bond donors (Lipinski definition) is 0. The molecule has 4 nitrogen and oxygen atoms in total. The minimum Gasteiger partial charge on any atom is -0.481 e. The number of ether oxygens (including phenoxy) is 1. The van der Waals surface area contributed by atoms with Crippen molar-refractivity contribution in [2.24, 2.45) is 0 Å². The molecule has 1 unspecified atom stereocenters. The maximum Gasteiger partial charge on any atom is 0.263 e. The lowest BCUT2D eigenvalue weighted by atomic mass is 10.1. The number of nitrogens with zero attached hydrogens (tertiary/aromatic N) is 2. The molecule has 0 N–H and O–H groups in total. The third-order valence-corrected chi connectivity index (χ3v) is 3.80. The molecule has 2 aromatic carbocycles. The second-order valence-electron chi connectivity index (χ2n) is 6.09. The standard InChI is InChI=1S/C20H21FN2O2/c1-14(2)23(13-17-9-7-16(12-22)8-10-17)20(24)15(3)25-19-6-4-5-18(21)11-19/h4-11,14-15H,13H2,1-3H3. The topological polar surface area (TPSA) is 53.3 Å². The molecule has 0 aliphatic rings. The number of rotatable bonds is 6. The number of carbonyl (C=O) groups is 1. The third kappa shape index (κ3) is 5.05. The normalized spacial score (nSPS) is 11.7. The van der Waals surface area contributed by atoms with Crippen molar-refractivity contribution in [2.75, 3.05) is 0 Å². The van der Waals surface area contributed by atoms with E-state index >= 15 is 0 Å². The molecule has 0 aliphatic carbocycles. The molecule has 0 aromatic heterocycles. The molecule has 0 saturated carbocycles. The minimum absolute atomic E-state index is 0.0262. The van der Waals surface area contributed by atoms with Crippen molar-refractivity contribution >= 4 is 5.91 Å². The molecule has 2 rings (SSSR count). The van der Waals surface area contributed by atoms with Crippen molar-refractivity contribution < 1.29 is 13.9 Å². The van der Waals surface area contributed by atoms with E-state index in [9.17, 15) is 9.18 Å². The van der Waals surface area contributed by atoms with E-state index < -0.39 is 11.9 Å². The minimum atomic E-state index is -0.734. The first-order valence-electron chi connectivity index (χ1n) is 8.12. The van der Waals surface area contributed by atoms with Gasteiger partial charge in [0.05, 0.1) is 11.6 Å². The van der Waals surface area contributed by atoms with Gasteiger partial charge in [0.25, 0.3) is 5.91 Å². The molecule has 5 heteroatoms. The summed E-state index contributed by atoms with van der Waals surface area (Å²) in [5.41, 5.74) is 1.51. The van der Waals surface area contributed by atoms with Crippen molar-refractivity contribution in [3.8, 4) is 11.8 Å². The zero-order valence-electron chi connectivity index (χ0n) is 14.6. The fraction of sp³-hybridized carbons (Fsp3) is 0.300. The molecular weight excluding hydrogens is 319 g/mol. The predicted molar refractivity (Wildman–Crippen MR) is 93.3 cm³/mol. The maximum atomic E-state index is 13.3. The van der Waals surface area contributed by atoms with Gasteiger partial charge in [-0.25, -0.2) is 4.39 Å². The van der Waals surface area contributed by atoms with Gasteiger partial charge < -0.3 is 9.64 Å². The summed E-state index contributed by atoms with van der Waals surface area (Å²) in [5.74, 6) is -0.262. The van der Waals surface area contributed by atoms with Gasteiger partial charge in [-0.1, -0.05) is 18.2 Å². The van der Waals surface area contributed by atoms with Crippen LogP contribution in [0.5, 0.6) is 5.75 Å². The Balaban J connectivity index is 2.09. The van der Waals surface area contributed by atoms with E-state index in [4.69, 9.17) is 10.00 Å². The van der Waals surface area contributed by atoms with Crippen LogP contribution in [0.4, 0.5) is 4.39 Å². The van der Waals surface area contributed by atoms with Crippen LogP contribution in [0.3, 0.4) is 0 Å². The highest BCUT2D eigenvalue weighted by atomic mass is 19.1. The molecule has 1 amide bonds. The summed E-state index contributed by atoms with van der Waals surface area (Å²) in [6.07, 6.45) is -0.734. The fourth-order valence-corrected chi connectivity index (χ4v) is 2.42. The molecule has 0 bridgehead atoms. The predicted octanol–water partition coefficient (Wildman–Crippen LogP) is 3.90. The first-order chi connectivity index (χ1) is 11.9. The lowest BCUT2D eigenvalue weighted by Crippen LogP contribution is -2.43. The van der Waals surface area contributed by atoms with Gasteiger partial charge in [0.2, 0.25) is 0 Å². The van der Waals surface area contributed by atoms with E-state index in [1.807, 2.05) is 26.0 Å². The monoisotopic (exact) mass is 340 g/mol. The summed E-state index contributed by atoms with van der Waals surface area (Å²) in [4.78, 5) is 14.5. The molecule has 0 spiro atoms. The average Bonchev–Trinajstić information content (AvgIpc) is 2.59. The quantitative estimate of drug-likeness (QED) is 0.801. The largest absolute Gasteiger partial charge is 0.481 e. The number of halogens is 1. The van der Waals surface area contributed by atoms with Crippen molar-refractivity contribution in [1.82, 2.24) is 4.90 Å². The molecule has 2 aromatic rings. The lowest BCUT2D eigenvalue weighted by molar-refractivity contribution is -0.140. The van der Waals surface area contributed by atoms with E-state index in [-0.39, 0.29) is 11.9 Å². The zero-order valence-corrected chi connectivity index (χ0v) is 14.6. The van der Waals surface area contributed by atoms with Crippen LogP contribution in [0.15, 0.2) is 48.5 Å². The first kappa shape index (κ1) is 18.5. The van der Waals surface area contributed by atoms with Crippen LogP contribution in [0, 0.1) is 17.1 Å². The number of hydrogen-bond acceptors (Lipinski definition) is 3. The summed E-state index contributed by atoms with van der Waals surface area (Å²) in [6.45, 7) is 5.92. The van der Waals surface area contributed by atoms with E-state index in [2.05, 4.69) is 6.07 Å².